The molecule has 0 aliphatic heterocycles. The molecule has 1 N–H and O–H groups in total. The van der Waals surface area contributed by atoms with Gasteiger partial charge in [-0.1, -0.05) is 24.3 Å². The molecule has 0 spiro atoms. The summed E-state index contributed by atoms with van der Waals surface area (Å²) in [6.45, 7) is 0. The maximum atomic E-state index is 11.6. The summed E-state index contributed by atoms with van der Waals surface area (Å²) in [6, 6.07) is 8.29. The van der Waals surface area contributed by atoms with E-state index < -0.39 is 0 Å². The fourth-order valence-corrected chi connectivity index (χ4v) is 2.49. The van der Waals surface area contributed by atoms with Crippen molar-refractivity contribution in [1.82, 2.24) is 4.98 Å². The van der Waals surface area contributed by atoms with Crippen molar-refractivity contribution in [3.8, 4) is 11.3 Å². The molecule has 0 amide bonds. The van der Waals surface area contributed by atoms with Gasteiger partial charge in [0.2, 0.25) is 0 Å². The Labute approximate surface area is 99.4 Å². The van der Waals surface area contributed by atoms with E-state index in [1.807, 2.05) is 12.1 Å². The molecule has 0 saturated heterocycles. The van der Waals surface area contributed by atoms with E-state index in [1.165, 1.54) is 18.2 Å². The van der Waals surface area contributed by atoms with Gasteiger partial charge in [0, 0.05) is 17.5 Å². The predicted molar refractivity (Wildman–Crippen MR) is 65.0 cm³/mol. The summed E-state index contributed by atoms with van der Waals surface area (Å²) in [6.07, 6.45) is 3.61. The first-order valence-electron chi connectivity index (χ1n) is 5.68. The average molecular weight is 227 g/mol. The third-order valence-electron chi connectivity index (χ3n) is 3.32. The van der Waals surface area contributed by atoms with E-state index in [0.717, 1.165) is 24.1 Å². The minimum absolute atomic E-state index is 0.262. The fourth-order valence-electron chi connectivity index (χ4n) is 2.49. The SMILES string of the molecule is COC(=O)c1c[nH]c2c1CCc1ccccc1-2. The van der Waals surface area contributed by atoms with E-state index >= 15 is 0 Å². The second-order valence-corrected chi connectivity index (χ2v) is 4.20. The molecule has 3 heteroatoms. The second-order valence-electron chi connectivity index (χ2n) is 4.20. The molecule has 0 bridgehead atoms. The van der Waals surface area contributed by atoms with E-state index in [4.69, 9.17) is 4.74 Å². The van der Waals surface area contributed by atoms with Crippen molar-refractivity contribution in [3.63, 3.8) is 0 Å². The zero-order chi connectivity index (χ0) is 11.8. The lowest BCUT2D eigenvalue weighted by molar-refractivity contribution is 0.0600. The van der Waals surface area contributed by atoms with Crippen molar-refractivity contribution < 1.29 is 9.53 Å². The molecule has 86 valence electrons. The number of nitrogens with one attached hydrogen (secondary N) is 1. The van der Waals surface area contributed by atoms with Gasteiger partial charge in [-0.15, -0.1) is 0 Å². The lowest BCUT2D eigenvalue weighted by atomic mass is 9.89. The normalized spacial score (nSPS) is 12.8. The number of esters is 1. The number of aryl methyl sites for hydroxylation is 1. The molecule has 1 aliphatic carbocycles. The van der Waals surface area contributed by atoms with Crippen LogP contribution in [0, 0.1) is 0 Å². The Morgan fingerprint density at radius 1 is 1.29 bits per heavy atom. The molecule has 1 aromatic heterocycles. The Morgan fingerprint density at radius 2 is 2.12 bits per heavy atom. The van der Waals surface area contributed by atoms with Gasteiger partial charge in [0.15, 0.2) is 0 Å². The fraction of sp³-hybridized carbons (Fsp3) is 0.214. The summed E-state index contributed by atoms with van der Waals surface area (Å²) in [4.78, 5) is 14.8. The molecule has 1 aromatic carbocycles. The van der Waals surface area contributed by atoms with Crippen LogP contribution in [0.5, 0.6) is 0 Å². The van der Waals surface area contributed by atoms with E-state index in [0.29, 0.717) is 5.56 Å². The van der Waals surface area contributed by atoms with Crippen molar-refractivity contribution >= 4 is 5.97 Å². The zero-order valence-electron chi connectivity index (χ0n) is 9.62. The number of carbonyl (C=O) groups is 1. The zero-order valence-corrected chi connectivity index (χ0v) is 9.62. The van der Waals surface area contributed by atoms with Gasteiger partial charge >= 0.3 is 5.97 Å². The molecule has 0 atom stereocenters. The topological polar surface area (TPSA) is 42.1 Å². The number of hydrogen-bond donors (Lipinski definition) is 1. The number of fused-ring (bicyclic) bond motifs is 3. The molecule has 0 fully saturated rings. The molecule has 0 radical (unpaired) electrons. The van der Waals surface area contributed by atoms with Crippen LogP contribution >= 0.6 is 0 Å². The van der Waals surface area contributed by atoms with Crippen LogP contribution in [0.25, 0.3) is 11.3 Å². The quantitative estimate of drug-likeness (QED) is 0.761. The molecule has 1 aliphatic rings. The van der Waals surface area contributed by atoms with Crippen LogP contribution in [-0.2, 0) is 17.6 Å². The van der Waals surface area contributed by atoms with Crippen LogP contribution in [-0.4, -0.2) is 18.1 Å². The summed E-state index contributed by atoms with van der Waals surface area (Å²) in [5, 5.41) is 0. The molecule has 0 saturated carbocycles. The lowest BCUT2D eigenvalue weighted by Crippen LogP contribution is -2.08. The van der Waals surface area contributed by atoms with Gasteiger partial charge in [-0.05, 0) is 24.0 Å². The van der Waals surface area contributed by atoms with E-state index in [-0.39, 0.29) is 5.97 Å². The van der Waals surface area contributed by atoms with Crippen LogP contribution in [0.4, 0.5) is 0 Å². The predicted octanol–water partition coefficient (Wildman–Crippen LogP) is 2.57. The Kier molecular flexibility index (Phi) is 2.25. The monoisotopic (exact) mass is 227 g/mol. The van der Waals surface area contributed by atoms with Crippen molar-refractivity contribution in [2.75, 3.05) is 7.11 Å². The second kappa shape index (κ2) is 3.77. The van der Waals surface area contributed by atoms with Crippen molar-refractivity contribution in [1.29, 1.82) is 0 Å². The first kappa shape index (κ1) is 10.1. The highest BCUT2D eigenvalue weighted by molar-refractivity contribution is 5.94. The summed E-state index contributed by atoms with van der Waals surface area (Å²) in [7, 11) is 1.42. The van der Waals surface area contributed by atoms with Gasteiger partial charge in [-0.3, -0.25) is 0 Å². The third-order valence-corrected chi connectivity index (χ3v) is 3.32. The van der Waals surface area contributed by atoms with Gasteiger partial charge in [0.05, 0.1) is 12.7 Å². The Bertz CT molecular complexity index is 584. The standard InChI is InChI=1S/C14H13NO2/c1-17-14(16)12-8-15-13-10-5-3-2-4-9(10)6-7-11(12)13/h2-5,8,15H,6-7H2,1H3. The van der Waals surface area contributed by atoms with Crippen LogP contribution in [0.2, 0.25) is 0 Å². The highest BCUT2D eigenvalue weighted by atomic mass is 16.5. The largest absolute Gasteiger partial charge is 0.465 e. The van der Waals surface area contributed by atoms with Crippen LogP contribution < -0.4 is 0 Å². The van der Waals surface area contributed by atoms with E-state index in [2.05, 4.69) is 17.1 Å². The number of hydrogen-bond acceptors (Lipinski definition) is 2. The van der Waals surface area contributed by atoms with Crippen molar-refractivity contribution in [3.05, 3.63) is 47.2 Å². The van der Waals surface area contributed by atoms with Gasteiger partial charge in [0.25, 0.3) is 0 Å². The molecule has 17 heavy (non-hydrogen) atoms. The maximum absolute atomic E-state index is 11.6. The molecule has 2 aromatic rings. The number of ether oxygens (including phenoxy) is 1. The number of aromatic nitrogens is 1. The highest BCUT2D eigenvalue weighted by Crippen LogP contribution is 2.34. The van der Waals surface area contributed by atoms with E-state index in [1.54, 1.807) is 6.20 Å². The Morgan fingerprint density at radius 3 is 2.94 bits per heavy atom. The van der Waals surface area contributed by atoms with Gasteiger partial charge in [-0.2, -0.15) is 0 Å². The molecule has 3 nitrogen and oxygen atoms in total. The van der Waals surface area contributed by atoms with Crippen LogP contribution in [0.3, 0.4) is 0 Å². The number of methoxy groups -OCH3 is 1. The molecule has 3 rings (SSSR count). The van der Waals surface area contributed by atoms with Gasteiger partial charge < -0.3 is 9.72 Å². The summed E-state index contributed by atoms with van der Waals surface area (Å²) in [5.74, 6) is -0.262. The van der Waals surface area contributed by atoms with Gasteiger partial charge in [-0.25, -0.2) is 4.79 Å². The molecule has 1 heterocycles. The van der Waals surface area contributed by atoms with Gasteiger partial charge in [0.1, 0.15) is 0 Å². The number of aromatic amines is 1. The van der Waals surface area contributed by atoms with Crippen molar-refractivity contribution in [2.45, 2.75) is 12.8 Å². The Balaban J connectivity index is 2.16. The van der Waals surface area contributed by atoms with Crippen molar-refractivity contribution in [2.24, 2.45) is 0 Å². The summed E-state index contributed by atoms with van der Waals surface area (Å²) in [5.41, 5.74) is 5.34. The highest BCUT2D eigenvalue weighted by Gasteiger charge is 2.23. The smallest absolute Gasteiger partial charge is 0.339 e. The minimum atomic E-state index is -0.262. The first-order chi connectivity index (χ1) is 8.31. The number of rotatable bonds is 1. The van der Waals surface area contributed by atoms with Crippen LogP contribution in [0.1, 0.15) is 21.5 Å². The van der Waals surface area contributed by atoms with Crippen LogP contribution in [0.15, 0.2) is 30.5 Å². The number of H-pyrrole nitrogens is 1. The summed E-state index contributed by atoms with van der Waals surface area (Å²) >= 11 is 0. The Hall–Kier alpha value is -2.03. The number of benzene rings is 1. The summed E-state index contributed by atoms with van der Waals surface area (Å²) < 4.78 is 4.79. The molecular weight excluding hydrogens is 214 g/mol. The molecule has 0 unspecified atom stereocenters. The lowest BCUT2D eigenvalue weighted by Gasteiger charge is -2.16. The minimum Gasteiger partial charge on any atom is -0.465 e. The number of carbonyl (C=O) groups excluding carboxylic acids is 1. The van der Waals surface area contributed by atoms with E-state index in [9.17, 15) is 4.79 Å². The maximum Gasteiger partial charge on any atom is 0.339 e. The average Bonchev–Trinajstić information content (AvgIpc) is 2.82. The third kappa shape index (κ3) is 1.46. The first-order valence-corrected chi connectivity index (χ1v) is 5.68. The molecular formula is C14H13NO2.